The minimum absolute atomic E-state index is 0.174. The van der Waals surface area contributed by atoms with Crippen molar-refractivity contribution in [2.45, 2.75) is 19.4 Å². The average molecular weight is 266 g/mol. The van der Waals surface area contributed by atoms with Crippen molar-refractivity contribution in [2.75, 3.05) is 39.3 Å². The minimum atomic E-state index is -0.174. The molecule has 0 aliphatic carbocycles. The van der Waals surface area contributed by atoms with E-state index in [0.29, 0.717) is 6.10 Å². The lowest BCUT2D eigenvalue weighted by Crippen LogP contribution is -2.46. The number of hydrogen-bond donors (Lipinski definition) is 1. The number of hydrogen-bond acceptors (Lipinski definition) is 3. The fourth-order valence-electron chi connectivity index (χ4n) is 2.34. The highest BCUT2D eigenvalue weighted by atomic mass is 19.1. The maximum absolute atomic E-state index is 12.8. The van der Waals surface area contributed by atoms with Crippen molar-refractivity contribution < 1.29 is 9.13 Å². The van der Waals surface area contributed by atoms with E-state index in [1.807, 2.05) is 12.1 Å². The molecule has 3 nitrogen and oxygen atoms in total. The summed E-state index contributed by atoms with van der Waals surface area (Å²) in [6.45, 7) is 7.95. The van der Waals surface area contributed by atoms with Gasteiger partial charge in [-0.25, -0.2) is 4.39 Å². The lowest BCUT2D eigenvalue weighted by Gasteiger charge is -2.32. The van der Waals surface area contributed by atoms with E-state index in [1.54, 1.807) is 0 Å². The molecule has 1 aromatic rings. The Kier molecular flexibility index (Phi) is 5.76. The number of nitrogens with zero attached hydrogens (tertiary/aromatic N) is 1. The third-order valence-corrected chi connectivity index (χ3v) is 3.55. The Bertz CT molecular complexity index is 369. The monoisotopic (exact) mass is 266 g/mol. The van der Waals surface area contributed by atoms with Gasteiger partial charge in [0.05, 0.1) is 12.7 Å². The molecule has 1 aromatic carbocycles. The van der Waals surface area contributed by atoms with E-state index >= 15 is 0 Å². The molecule has 0 aromatic heterocycles. The second-order valence-corrected chi connectivity index (χ2v) is 4.97. The minimum Gasteiger partial charge on any atom is -0.374 e. The normalized spacial score (nSPS) is 20.6. The van der Waals surface area contributed by atoms with E-state index < -0.39 is 0 Å². The number of nitrogens with one attached hydrogen (secondary N) is 1. The third-order valence-electron chi connectivity index (χ3n) is 3.55. The van der Waals surface area contributed by atoms with Gasteiger partial charge in [0.25, 0.3) is 0 Å². The highest BCUT2D eigenvalue weighted by Gasteiger charge is 2.18. The third kappa shape index (κ3) is 4.90. The molecule has 2 rings (SSSR count). The van der Waals surface area contributed by atoms with Crippen molar-refractivity contribution in [1.29, 1.82) is 0 Å². The Hall–Kier alpha value is -0.970. The van der Waals surface area contributed by atoms with Crippen LogP contribution < -0.4 is 5.32 Å². The van der Waals surface area contributed by atoms with Gasteiger partial charge in [0.2, 0.25) is 0 Å². The molecule has 1 aliphatic heterocycles. The van der Waals surface area contributed by atoms with Crippen LogP contribution in [0.5, 0.6) is 0 Å². The quantitative estimate of drug-likeness (QED) is 0.793. The summed E-state index contributed by atoms with van der Waals surface area (Å²) in [6.07, 6.45) is 1.21. The molecule has 4 heteroatoms. The molecule has 106 valence electrons. The molecule has 1 fully saturated rings. The smallest absolute Gasteiger partial charge is 0.123 e. The van der Waals surface area contributed by atoms with Crippen molar-refractivity contribution in [3.8, 4) is 0 Å². The predicted molar refractivity (Wildman–Crippen MR) is 74.8 cm³/mol. The summed E-state index contributed by atoms with van der Waals surface area (Å²) in [7, 11) is 0. The SMILES string of the molecule is CCN1CCOC(CNCCc2ccc(F)cc2)C1. The van der Waals surface area contributed by atoms with Crippen molar-refractivity contribution in [1.82, 2.24) is 10.2 Å². The summed E-state index contributed by atoms with van der Waals surface area (Å²) >= 11 is 0. The van der Waals surface area contributed by atoms with E-state index in [4.69, 9.17) is 4.74 Å². The first-order valence-corrected chi connectivity index (χ1v) is 7.07. The van der Waals surface area contributed by atoms with Gasteiger partial charge in [-0.15, -0.1) is 0 Å². The number of morpholine rings is 1. The summed E-state index contributed by atoms with van der Waals surface area (Å²) < 4.78 is 18.5. The fraction of sp³-hybridized carbons (Fsp3) is 0.600. The van der Waals surface area contributed by atoms with Gasteiger partial charge in [0.15, 0.2) is 0 Å². The highest BCUT2D eigenvalue weighted by molar-refractivity contribution is 5.16. The summed E-state index contributed by atoms with van der Waals surface area (Å²) in [5, 5.41) is 3.42. The molecule has 19 heavy (non-hydrogen) atoms. The Morgan fingerprint density at radius 2 is 2.16 bits per heavy atom. The summed E-state index contributed by atoms with van der Waals surface area (Å²) in [5.74, 6) is -0.174. The van der Waals surface area contributed by atoms with Crippen LogP contribution in [-0.2, 0) is 11.2 Å². The molecule has 1 heterocycles. The van der Waals surface area contributed by atoms with Gasteiger partial charge in [-0.1, -0.05) is 19.1 Å². The molecule has 1 saturated heterocycles. The second-order valence-electron chi connectivity index (χ2n) is 4.97. The molecule has 1 N–H and O–H groups in total. The zero-order valence-electron chi connectivity index (χ0n) is 11.6. The van der Waals surface area contributed by atoms with Crippen LogP contribution in [0.25, 0.3) is 0 Å². The maximum atomic E-state index is 12.8. The number of halogens is 1. The number of ether oxygens (including phenoxy) is 1. The van der Waals surface area contributed by atoms with Gasteiger partial charge in [-0.2, -0.15) is 0 Å². The fourth-order valence-corrected chi connectivity index (χ4v) is 2.34. The maximum Gasteiger partial charge on any atom is 0.123 e. The van der Waals surface area contributed by atoms with E-state index in [0.717, 1.165) is 51.3 Å². The Morgan fingerprint density at radius 1 is 1.37 bits per heavy atom. The molecule has 1 aliphatic rings. The van der Waals surface area contributed by atoms with Crippen molar-refractivity contribution in [3.05, 3.63) is 35.6 Å². The lowest BCUT2D eigenvalue weighted by molar-refractivity contribution is -0.0251. The van der Waals surface area contributed by atoms with Crippen molar-refractivity contribution in [2.24, 2.45) is 0 Å². The van der Waals surface area contributed by atoms with Gasteiger partial charge < -0.3 is 10.1 Å². The van der Waals surface area contributed by atoms with Crippen molar-refractivity contribution >= 4 is 0 Å². The van der Waals surface area contributed by atoms with Crippen LogP contribution >= 0.6 is 0 Å². The van der Waals surface area contributed by atoms with E-state index in [-0.39, 0.29) is 5.82 Å². The number of rotatable bonds is 6. The first kappa shape index (κ1) is 14.4. The van der Waals surface area contributed by atoms with Crippen LogP contribution in [0.1, 0.15) is 12.5 Å². The first-order valence-electron chi connectivity index (χ1n) is 7.07. The molecule has 0 bridgehead atoms. The zero-order valence-corrected chi connectivity index (χ0v) is 11.6. The van der Waals surface area contributed by atoms with Crippen LogP contribution in [0.3, 0.4) is 0 Å². The Balaban J connectivity index is 1.62. The van der Waals surface area contributed by atoms with E-state index in [1.165, 1.54) is 12.1 Å². The number of likely N-dealkylation sites (N-methyl/N-ethyl adjacent to an activating group) is 1. The van der Waals surface area contributed by atoms with E-state index in [9.17, 15) is 4.39 Å². The topological polar surface area (TPSA) is 24.5 Å². The molecular formula is C15H23FN2O. The molecular weight excluding hydrogens is 243 g/mol. The molecule has 1 unspecified atom stereocenters. The van der Waals surface area contributed by atoms with Crippen LogP contribution in [0.4, 0.5) is 4.39 Å². The van der Waals surface area contributed by atoms with Crippen LogP contribution in [-0.4, -0.2) is 50.3 Å². The first-order chi connectivity index (χ1) is 9.28. The summed E-state index contributed by atoms with van der Waals surface area (Å²) in [4.78, 5) is 2.41. The largest absolute Gasteiger partial charge is 0.374 e. The van der Waals surface area contributed by atoms with Crippen LogP contribution in [0, 0.1) is 5.82 Å². The van der Waals surface area contributed by atoms with E-state index in [2.05, 4.69) is 17.1 Å². The zero-order chi connectivity index (χ0) is 13.5. The molecule has 0 radical (unpaired) electrons. The second kappa shape index (κ2) is 7.58. The van der Waals surface area contributed by atoms with Crippen molar-refractivity contribution in [3.63, 3.8) is 0 Å². The van der Waals surface area contributed by atoms with Gasteiger partial charge in [0, 0.05) is 19.6 Å². The van der Waals surface area contributed by atoms with Gasteiger partial charge >= 0.3 is 0 Å². The highest BCUT2D eigenvalue weighted by Crippen LogP contribution is 2.05. The van der Waals surface area contributed by atoms with Gasteiger partial charge in [-0.05, 0) is 37.2 Å². The molecule has 0 amide bonds. The molecule has 1 atom stereocenters. The standard InChI is InChI=1S/C15H23FN2O/c1-2-18-9-10-19-15(12-18)11-17-8-7-13-3-5-14(16)6-4-13/h3-6,15,17H,2,7-12H2,1H3. The van der Waals surface area contributed by atoms with Crippen LogP contribution in [0.2, 0.25) is 0 Å². The lowest BCUT2D eigenvalue weighted by atomic mass is 10.1. The summed E-state index contributed by atoms with van der Waals surface area (Å²) in [6, 6.07) is 6.71. The Labute approximate surface area is 114 Å². The Morgan fingerprint density at radius 3 is 2.89 bits per heavy atom. The van der Waals surface area contributed by atoms with Gasteiger partial charge in [-0.3, -0.25) is 4.90 Å². The molecule has 0 spiro atoms. The van der Waals surface area contributed by atoms with Gasteiger partial charge in [0.1, 0.15) is 5.82 Å². The van der Waals surface area contributed by atoms with Crippen LogP contribution in [0.15, 0.2) is 24.3 Å². The predicted octanol–water partition coefficient (Wildman–Crippen LogP) is 1.68. The molecule has 0 saturated carbocycles. The summed E-state index contributed by atoms with van der Waals surface area (Å²) in [5.41, 5.74) is 1.16. The number of benzene rings is 1. The average Bonchev–Trinajstić information content (AvgIpc) is 2.46.